The van der Waals surface area contributed by atoms with Gasteiger partial charge in [-0.3, -0.25) is 10.1 Å². The van der Waals surface area contributed by atoms with Crippen LogP contribution in [-0.2, 0) is 16.8 Å². The summed E-state index contributed by atoms with van der Waals surface area (Å²) in [6, 6.07) is 11.9. The van der Waals surface area contributed by atoms with Gasteiger partial charge in [0, 0.05) is 29.6 Å². The van der Waals surface area contributed by atoms with Crippen molar-refractivity contribution < 1.29 is 14.5 Å². The number of fused-ring (bicyclic) bond motifs is 1. The largest absolute Gasteiger partial charge is 0.457 e. The number of hydrogen-bond acceptors (Lipinski definition) is 5. The number of nitrogens with zero attached hydrogens (tertiary/aromatic N) is 3. The fraction of sp³-hybridized carbons (Fsp3) is 0.238. The van der Waals surface area contributed by atoms with Crippen LogP contribution < -0.4 is 0 Å². The van der Waals surface area contributed by atoms with Crippen molar-refractivity contribution in [3.8, 4) is 6.07 Å². The van der Waals surface area contributed by atoms with E-state index in [4.69, 9.17) is 4.74 Å². The minimum atomic E-state index is -0.678. The molecule has 0 amide bonds. The van der Waals surface area contributed by atoms with Crippen molar-refractivity contribution in [1.82, 2.24) is 4.40 Å². The highest BCUT2D eigenvalue weighted by Gasteiger charge is 2.26. The smallest absolute Gasteiger partial charge is 0.338 e. The van der Waals surface area contributed by atoms with Gasteiger partial charge in [-0.25, -0.2) is 4.79 Å². The fourth-order valence-corrected chi connectivity index (χ4v) is 3.09. The lowest BCUT2D eigenvalue weighted by Crippen LogP contribution is -2.15. The van der Waals surface area contributed by atoms with Gasteiger partial charge in [-0.05, 0) is 23.6 Å². The second-order valence-electron chi connectivity index (χ2n) is 7.45. The molecule has 2 heterocycles. The average molecular weight is 377 g/mol. The van der Waals surface area contributed by atoms with E-state index in [1.807, 2.05) is 32.9 Å². The van der Waals surface area contributed by atoms with Gasteiger partial charge in [0.2, 0.25) is 0 Å². The first-order chi connectivity index (χ1) is 13.2. The molecule has 1 aromatic carbocycles. The minimum Gasteiger partial charge on any atom is -0.457 e. The summed E-state index contributed by atoms with van der Waals surface area (Å²) in [6.07, 6.45) is 3.53. The lowest BCUT2D eigenvalue weighted by molar-refractivity contribution is -0.386. The molecular weight excluding hydrogens is 358 g/mol. The van der Waals surface area contributed by atoms with E-state index in [0.717, 1.165) is 5.52 Å². The van der Waals surface area contributed by atoms with E-state index in [1.54, 1.807) is 28.9 Å². The summed E-state index contributed by atoms with van der Waals surface area (Å²) < 4.78 is 7.10. The van der Waals surface area contributed by atoms with Crippen molar-refractivity contribution in [1.29, 1.82) is 5.26 Å². The summed E-state index contributed by atoms with van der Waals surface area (Å²) in [5.41, 5.74) is 1.82. The number of rotatable bonds is 4. The first-order valence-corrected chi connectivity index (χ1v) is 8.67. The Bertz CT molecular complexity index is 1120. The zero-order chi connectivity index (χ0) is 20.5. The highest BCUT2D eigenvalue weighted by atomic mass is 16.6. The maximum Gasteiger partial charge on any atom is 0.338 e. The zero-order valence-electron chi connectivity index (χ0n) is 15.8. The van der Waals surface area contributed by atoms with Gasteiger partial charge in [0.05, 0.1) is 21.6 Å². The van der Waals surface area contributed by atoms with E-state index in [-0.39, 0.29) is 17.9 Å². The highest BCUT2D eigenvalue weighted by Crippen LogP contribution is 2.32. The van der Waals surface area contributed by atoms with Crippen LogP contribution in [-0.4, -0.2) is 15.3 Å². The number of carbonyl (C=O) groups is 1. The summed E-state index contributed by atoms with van der Waals surface area (Å²) in [6.45, 7) is 5.51. The molecule has 0 unspecified atom stereocenters. The van der Waals surface area contributed by atoms with Crippen LogP contribution in [0.3, 0.4) is 0 Å². The van der Waals surface area contributed by atoms with Gasteiger partial charge < -0.3 is 9.14 Å². The van der Waals surface area contributed by atoms with Crippen molar-refractivity contribution in [3.63, 3.8) is 0 Å². The Morgan fingerprint density at radius 3 is 2.68 bits per heavy atom. The Hall–Kier alpha value is -3.66. The van der Waals surface area contributed by atoms with Gasteiger partial charge in [0.15, 0.2) is 0 Å². The fourth-order valence-electron chi connectivity index (χ4n) is 3.09. The van der Waals surface area contributed by atoms with Crippen LogP contribution in [0.5, 0.6) is 0 Å². The van der Waals surface area contributed by atoms with Gasteiger partial charge in [-0.15, -0.1) is 0 Å². The lowest BCUT2D eigenvalue weighted by Gasteiger charge is -2.19. The maximum absolute atomic E-state index is 12.4. The first kappa shape index (κ1) is 19.1. The lowest BCUT2D eigenvalue weighted by atomic mass is 9.85. The summed E-state index contributed by atoms with van der Waals surface area (Å²) in [5.74, 6) is -0.678. The Balaban J connectivity index is 1.86. The summed E-state index contributed by atoms with van der Waals surface area (Å²) in [5, 5.41) is 20.8. The molecule has 0 spiro atoms. The Kier molecular flexibility index (Phi) is 4.89. The molecule has 0 saturated heterocycles. The molecule has 7 heteroatoms. The summed E-state index contributed by atoms with van der Waals surface area (Å²) >= 11 is 0. The van der Waals surface area contributed by atoms with E-state index < -0.39 is 16.3 Å². The van der Waals surface area contributed by atoms with E-state index in [2.05, 4.69) is 6.07 Å². The first-order valence-electron chi connectivity index (χ1n) is 8.67. The third-order valence-electron chi connectivity index (χ3n) is 4.47. The minimum absolute atomic E-state index is 0.0990. The summed E-state index contributed by atoms with van der Waals surface area (Å²) in [7, 11) is 0. The molecule has 28 heavy (non-hydrogen) atoms. The van der Waals surface area contributed by atoms with E-state index in [1.165, 1.54) is 12.1 Å². The molecule has 0 atom stereocenters. The van der Waals surface area contributed by atoms with Crippen molar-refractivity contribution in [2.24, 2.45) is 0 Å². The average Bonchev–Trinajstić information content (AvgIpc) is 3.02. The van der Waals surface area contributed by atoms with Crippen LogP contribution in [0.25, 0.3) is 5.52 Å². The Morgan fingerprint density at radius 2 is 2.04 bits per heavy atom. The molecule has 0 saturated carbocycles. The van der Waals surface area contributed by atoms with Crippen LogP contribution >= 0.6 is 0 Å². The molecular formula is C21H19N3O4. The number of pyridine rings is 1. The third-order valence-corrected chi connectivity index (χ3v) is 4.47. The van der Waals surface area contributed by atoms with Gasteiger partial charge in [-0.2, -0.15) is 5.26 Å². The van der Waals surface area contributed by atoms with Crippen molar-refractivity contribution >= 4 is 17.2 Å². The van der Waals surface area contributed by atoms with Crippen LogP contribution in [0.2, 0.25) is 0 Å². The molecule has 0 radical (unpaired) electrons. The number of aromatic nitrogens is 1. The third kappa shape index (κ3) is 3.58. The van der Waals surface area contributed by atoms with E-state index in [9.17, 15) is 20.2 Å². The van der Waals surface area contributed by atoms with Gasteiger partial charge in [-0.1, -0.05) is 32.9 Å². The van der Waals surface area contributed by atoms with Crippen molar-refractivity contribution in [3.05, 3.63) is 81.2 Å². The number of nitro groups is 1. The predicted octanol–water partition coefficient (Wildman–Crippen LogP) is 4.37. The van der Waals surface area contributed by atoms with Gasteiger partial charge in [0.1, 0.15) is 12.7 Å². The van der Waals surface area contributed by atoms with Crippen LogP contribution in [0, 0.1) is 21.4 Å². The summed E-state index contributed by atoms with van der Waals surface area (Å²) in [4.78, 5) is 23.4. The number of nitriles is 1. The number of carbonyl (C=O) groups excluding carboxylic acids is 1. The molecule has 0 bridgehead atoms. The molecule has 2 aromatic heterocycles. The van der Waals surface area contributed by atoms with Crippen LogP contribution in [0.4, 0.5) is 5.69 Å². The second kappa shape index (κ2) is 7.16. The van der Waals surface area contributed by atoms with Gasteiger partial charge >= 0.3 is 5.97 Å². The number of esters is 1. The van der Waals surface area contributed by atoms with E-state index >= 15 is 0 Å². The predicted molar refractivity (Wildman–Crippen MR) is 103 cm³/mol. The quantitative estimate of drug-likeness (QED) is 0.382. The SMILES string of the molecule is CC(C)(C)c1ccc(C(=O)OCc2cn3ccccc3c2C#N)cc1[N+](=O)[O-]. The Morgan fingerprint density at radius 1 is 1.29 bits per heavy atom. The monoisotopic (exact) mass is 377 g/mol. The number of nitro benzene ring substituents is 1. The molecule has 0 aliphatic carbocycles. The molecule has 0 fully saturated rings. The van der Waals surface area contributed by atoms with Crippen LogP contribution in [0.15, 0.2) is 48.8 Å². The molecule has 0 aliphatic heterocycles. The molecule has 0 aliphatic rings. The highest BCUT2D eigenvalue weighted by molar-refractivity contribution is 5.90. The van der Waals surface area contributed by atoms with Crippen molar-refractivity contribution in [2.45, 2.75) is 32.8 Å². The second-order valence-corrected chi connectivity index (χ2v) is 7.45. The molecule has 3 aromatic rings. The zero-order valence-corrected chi connectivity index (χ0v) is 15.8. The normalized spacial score (nSPS) is 11.2. The number of ether oxygens (including phenoxy) is 1. The molecule has 7 nitrogen and oxygen atoms in total. The molecule has 0 N–H and O–H groups in total. The van der Waals surface area contributed by atoms with Crippen molar-refractivity contribution in [2.75, 3.05) is 0 Å². The Labute approximate surface area is 161 Å². The topological polar surface area (TPSA) is 97.6 Å². The molecule has 3 rings (SSSR count). The maximum atomic E-state index is 12.4. The number of hydrogen-bond donors (Lipinski definition) is 0. The number of benzene rings is 1. The standard InChI is InChI=1S/C21H19N3O4/c1-21(2,3)17-8-7-14(10-19(17)24(26)27)20(25)28-13-15-12-23-9-5-4-6-18(23)16(15)11-22/h4-10,12H,13H2,1-3H3. The van der Waals surface area contributed by atoms with E-state index in [0.29, 0.717) is 16.7 Å². The van der Waals surface area contributed by atoms with Crippen LogP contribution in [0.1, 0.15) is 47.8 Å². The van der Waals surface area contributed by atoms with Gasteiger partial charge in [0.25, 0.3) is 5.69 Å². The molecule has 142 valence electrons.